The molecule has 0 fully saturated rings. The molecule has 0 amide bonds. The summed E-state index contributed by atoms with van der Waals surface area (Å²) < 4.78 is 4.97. The van der Waals surface area contributed by atoms with E-state index in [1.807, 2.05) is 27.7 Å². The maximum atomic E-state index is 10.9. The van der Waals surface area contributed by atoms with Crippen molar-refractivity contribution in [2.24, 2.45) is 5.92 Å². The average Bonchev–Trinajstić information content (AvgIpc) is 1.97. The maximum Gasteiger partial charge on any atom is 0.308 e. The van der Waals surface area contributed by atoms with E-state index in [-0.39, 0.29) is 11.9 Å². The lowest BCUT2D eigenvalue weighted by molar-refractivity contribution is -0.147. The first kappa shape index (κ1) is 11.2. The monoisotopic (exact) mass is 170 g/mol. The van der Waals surface area contributed by atoms with Crippen molar-refractivity contribution in [3.05, 3.63) is 11.6 Å². The van der Waals surface area contributed by atoms with Crippen LogP contribution in [-0.2, 0) is 9.53 Å². The molecule has 0 unspecified atom stereocenters. The fourth-order valence-corrected chi connectivity index (χ4v) is 0.674. The van der Waals surface area contributed by atoms with E-state index >= 15 is 0 Å². The fourth-order valence-electron chi connectivity index (χ4n) is 0.674. The SMILES string of the molecule is CC(C)=CCCOC(=O)C(C)C. The molecule has 2 nitrogen and oxygen atoms in total. The van der Waals surface area contributed by atoms with Crippen LogP contribution in [0.4, 0.5) is 0 Å². The van der Waals surface area contributed by atoms with Crippen LogP contribution in [-0.4, -0.2) is 12.6 Å². The highest BCUT2D eigenvalue weighted by Gasteiger charge is 2.06. The van der Waals surface area contributed by atoms with E-state index in [1.54, 1.807) is 0 Å². The first-order chi connectivity index (χ1) is 5.54. The van der Waals surface area contributed by atoms with Gasteiger partial charge in [0.1, 0.15) is 0 Å². The van der Waals surface area contributed by atoms with Gasteiger partial charge in [-0.15, -0.1) is 0 Å². The van der Waals surface area contributed by atoms with Crippen LogP contribution < -0.4 is 0 Å². The summed E-state index contributed by atoms with van der Waals surface area (Å²) in [6.45, 7) is 8.24. The molecule has 0 heterocycles. The van der Waals surface area contributed by atoms with Crippen LogP contribution >= 0.6 is 0 Å². The minimum Gasteiger partial charge on any atom is -0.465 e. The summed E-state index contributed by atoms with van der Waals surface area (Å²) in [6, 6.07) is 0. The summed E-state index contributed by atoms with van der Waals surface area (Å²) in [5.74, 6) is -0.131. The summed E-state index contributed by atoms with van der Waals surface area (Å²) in [5, 5.41) is 0. The number of carbonyl (C=O) groups is 1. The van der Waals surface area contributed by atoms with Gasteiger partial charge in [-0.25, -0.2) is 0 Å². The van der Waals surface area contributed by atoms with Crippen molar-refractivity contribution in [3.8, 4) is 0 Å². The molecule has 0 aromatic carbocycles. The van der Waals surface area contributed by atoms with Crippen LogP contribution in [0.2, 0.25) is 0 Å². The highest BCUT2D eigenvalue weighted by molar-refractivity contribution is 5.71. The molecule has 12 heavy (non-hydrogen) atoms. The summed E-state index contributed by atoms with van der Waals surface area (Å²) >= 11 is 0. The Kier molecular flexibility index (Phi) is 5.43. The molecular formula is C10H18O2. The Labute approximate surface area is 74.6 Å². The first-order valence-corrected chi connectivity index (χ1v) is 4.34. The molecule has 0 bridgehead atoms. The second kappa shape index (κ2) is 5.81. The molecule has 0 saturated heterocycles. The molecule has 0 N–H and O–H groups in total. The fraction of sp³-hybridized carbons (Fsp3) is 0.700. The van der Waals surface area contributed by atoms with Gasteiger partial charge in [0, 0.05) is 0 Å². The van der Waals surface area contributed by atoms with Gasteiger partial charge in [-0.2, -0.15) is 0 Å². The Bertz CT molecular complexity index is 165. The second-order valence-corrected chi connectivity index (χ2v) is 3.39. The predicted molar refractivity (Wildman–Crippen MR) is 49.8 cm³/mol. The zero-order valence-corrected chi connectivity index (χ0v) is 8.39. The molecule has 0 aromatic rings. The summed E-state index contributed by atoms with van der Waals surface area (Å²) in [6.07, 6.45) is 2.88. The topological polar surface area (TPSA) is 26.3 Å². The zero-order valence-electron chi connectivity index (χ0n) is 8.39. The molecule has 0 radical (unpaired) electrons. The van der Waals surface area contributed by atoms with Gasteiger partial charge in [0.15, 0.2) is 0 Å². The van der Waals surface area contributed by atoms with Crippen molar-refractivity contribution in [1.82, 2.24) is 0 Å². The van der Waals surface area contributed by atoms with Crippen LogP contribution in [0.5, 0.6) is 0 Å². The van der Waals surface area contributed by atoms with Gasteiger partial charge >= 0.3 is 5.97 Å². The van der Waals surface area contributed by atoms with Crippen molar-refractivity contribution in [3.63, 3.8) is 0 Å². The molecule has 0 saturated carbocycles. The van der Waals surface area contributed by atoms with Crippen molar-refractivity contribution in [2.75, 3.05) is 6.61 Å². The third-order valence-electron chi connectivity index (χ3n) is 1.39. The van der Waals surface area contributed by atoms with E-state index in [2.05, 4.69) is 6.08 Å². The van der Waals surface area contributed by atoms with E-state index in [9.17, 15) is 4.79 Å². The quantitative estimate of drug-likeness (QED) is 0.368. The summed E-state index contributed by atoms with van der Waals surface area (Å²) in [5.41, 5.74) is 1.26. The summed E-state index contributed by atoms with van der Waals surface area (Å²) in [7, 11) is 0. The van der Waals surface area contributed by atoms with E-state index in [0.717, 1.165) is 6.42 Å². The van der Waals surface area contributed by atoms with Gasteiger partial charge in [0.25, 0.3) is 0 Å². The number of ether oxygens (including phenoxy) is 1. The van der Waals surface area contributed by atoms with Crippen LogP contribution in [0.3, 0.4) is 0 Å². The van der Waals surface area contributed by atoms with E-state index < -0.39 is 0 Å². The smallest absolute Gasteiger partial charge is 0.308 e. The molecule has 0 spiro atoms. The molecule has 70 valence electrons. The van der Waals surface area contributed by atoms with Crippen molar-refractivity contribution in [2.45, 2.75) is 34.1 Å². The molecule has 0 aliphatic rings. The van der Waals surface area contributed by atoms with Gasteiger partial charge in [-0.05, 0) is 20.3 Å². The van der Waals surface area contributed by atoms with E-state index in [1.165, 1.54) is 5.57 Å². The van der Waals surface area contributed by atoms with Gasteiger partial charge < -0.3 is 4.74 Å². The van der Waals surface area contributed by atoms with Crippen LogP contribution in [0.25, 0.3) is 0 Å². The van der Waals surface area contributed by atoms with Gasteiger partial charge in [-0.1, -0.05) is 25.5 Å². The molecular weight excluding hydrogens is 152 g/mol. The number of carbonyl (C=O) groups excluding carboxylic acids is 1. The minimum absolute atomic E-state index is 0.0169. The minimum atomic E-state index is -0.114. The maximum absolute atomic E-state index is 10.9. The van der Waals surface area contributed by atoms with Gasteiger partial charge in [0.05, 0.1) is 12.5 Å². The zero-order chi connectivity index (χ0) is 9.56. The van der Waals surface area contributed by atoms with E-state index in [0.29, 0.717) is 6.61 Å². The lowest BCUT2D eigenvalue weighted by Gasteiger charge is -2.04. The van der Waals surface area contributed by atoms with Crippen molar-refractivity contribution >= 4 is 5.97 Å². The lowest BCUT2D eigenvalue weighted by atomic mass is 10.2. The van der Waals surface area contributed by atoms with E-state index in [4.69, 9.17) is 4.74 Å². The highest BCUT2D eigenvalue weighted by atomic mass is 16.5. The molecule has 0 rings (SSSR count). The standard InChI is InChI=1S/C10H18O2/c1-8(2)6-5-7-12-10(11)9(3)4/h6,9H,5,7H2,1-4H3. The normalized spacial score (nSPS) is 9.75. The Balaban J connectivity index is 3.45. The highest BCUT2D eigenvalue weighted by Crippen LogP contribution is 1.98. The van der Waals surface area contributed by atoms with Crippen LogP contribution in [0.15, 0.2) is 11.6 Å². The lowest BCUT2D eigenvalue weighted by Crippen LogP contribution is -2.11. The third kappa shape index (κ3) is 5.96. The van der Waals surface area contributed by atoms with Crippen LogP contribution in [0, 0.1) is 5.92 Å². The predicted octanol–water partition coefficient (Wildman–Crippen LogP) is 2.54. The largest absolute Gasteiger partial charge is 0.465 e. The van der Waals surface area contributed by atoms with Gasteiger partial charge in [0.2, 0.25) is 0 Å². The summed E-state index contributed by atoms with van der Waals surface area (Å²) in [4.78, 5) is 10.9. The molecule has 0 aliphatic carbocycles. The Morgan fingerprint density at radius 2 is 2.00 bits per heavy atom. The number of allylic oxidation sites excluding steroid dienone is 1. The molecule has 2 heteroatoms. The van der Waals surface area contributed by atoms with Gasteiger partial charge in [-0.3, -0.25) is 4.79 Å². The number of hydrogen-bond acceptors (Lipinski definition) is 2. The average molecular weight is 170 g/mol. The molecule has 0 aromatic heterocycles. The third-order valence-corrected chi connectivity index (χ3v) is 1.39. The Hall–Kier alpha value is -0.790. The van der Waals surface area contributed by atoms with Crippen molar-refractivity contribution in [1.29, 1.82) is 0 Å². The van der Waals surface area contributed by atoms with Crippen LogP contribution in [0.1, 0.15) is 34.1 Å². The number of esters is 1. The number of hydrogen-bond donors (Lipinski definition) is 0. The second-order valence-electron chi connectivity index (χ2n) is 3.39. The molecule has 0 atom stereocenters. The Morgan fingerprint density at radius 3 is 2.42 bits per heavy atom. The van der Waals surface area contributed by atoms with Crippen molar-refractivity contribution < 1.29 is 9.53 Å². The first-order valence-electron chi connectivity index (χ1n) is 4.34. The molecule has 0 aliphatic heterocycles. The Morgan fingerprint density at radius 1 is 1.42 bits per heavy atom. The number of rotatable bonds is 4.